The van der Waals surface area contributed by atoms with Crippen LogP contribution in [0.1, 0.15) is 11.1 Å². The third-order valence-electron chi connectivity index (χ3n) is 5.68. The van der Waals surface area contributed by atoms with Crippen molar-refractivity contribution in [2.24, 2.45) is 4.99 Å². The molecule has 1 aliphatic rings. The minimum absolute atomic E-state index is 0.193. The molecule has 0 amide bonds. The zero-order chi connectivity index (χ0) is 25.9. The standard InChI is InChI=1S/C28H30BrClN2O5/c29-23-17-21(19-31-25-7-5-24(30)6-8-25)28(33)22(18-23)20-32-9-11-34-13-15-36-26-3-1-2-4-27(26)37-16-14-35-12-10-32/h1-8,17-19,33H,9-16,20H2. The van der Waals surface area contributed by atoms with Gasteiger partial charge in [0.05, 0.1) is 32.1 Å². The molecule has 9 heteroatoms. The molecule has 0 atom stereocenters. The van der Waals surface area contributed by atoms with Crippen LogP contribution >= 0.6 is 27.5 Å². The molecule has 4 rings (SSSR count). The van der Waals surface area contributed by atoms with E-state index in [4.69, 9.17) is 30.5 Å². The Hall–Kier alpha value is -2.62. The van der Waals surface area contributed by atoms with E-state index in [1.54, 1.807) is 18.3 Å². The van der Waals surface area contributed by atoms with Crippen molar-refractivity contribution in [1.29, 1.82) is 0 Å². The molecule has 0 aromatic heterocycles. The maximum Gasteiger partial charge on any atom is 0.161 e. The number of aliphatic imine (C=N–C) groups is 1. The quantitative estimate of drug-likeness (QED) is 0.384. The summed E-state index contributed by atoms with van der Waals surface area (Å²) in [5.74, 6) is 1.59. The van der Waals surface area contributed by atoms with Gasteiger partial charge >= 0.3 is 0 Å². The summed E-state index contributed by atoms with van der Waals surface area (Å²) >= 11 is 9.52. The lowest BCUT2D eigenvalue weighted by Crippen LogP contribution is -2.31. The number of halogens is 2. The topological polar surface area (TPSA) is 72.8 Å². The molecule has 1 heterocycles. The summed E-state index contributed by atoms with van der Waals surface area (Å²) in [5, 5.41) is 11.7. The first-order valence-corrected chi connectivity index (χ1v) is 13.3. The molecule has 0 fully saturated rings. The fraction of sp³-hybridized carbons (Fsp3) is 0.321. The van der Waals surface area contributed by atoms with Gasteiger partial charge in [0.2, 0.25) is 0 Å². The average molecular weight is 590 g/mol. The van der Waals surface area contributed by atoms with E-state index in [1.165, 1.54) is 0 Å². The molecular weight excluding hydrogens is 560 g/mol. The number of hydrogen-bond donors (Lipinski definition) is 1. The van der Waals surface area contributed by atoms with E-state index < -0.39 is 0 Å². The lowest BCUT2D eigenvalue weighted by Gasteiger charge is -2.23. The van der Waals surface area contributed by atoms with Crippen LogP contribution in [-0.4, -0.2) is 69.0 Å². The van der Waals surface area contributed by atoms with Gasteiger partial charge in [0.15, 0.2) is 11.5 Å². The molecule has 1 N–H and O–H groups in total. The molecule has 37 heavy (non-hydrogen) atoms. The van der Waals surface area contributed by atoms with Crippen molar-refractivity contribution in [3.63, 3.8) is 0 Å². The van der Waals surface area contributed by atoms with Crippen molar-refractivity contribution in [3.05, 3.63) is 81.3 Å². The van der Waals surface area contributed by atoms with Crippen LogP contribution in [0.4, 0.5) is 5.69 Å². The molecule has 196 valence electrons. The first kappa shape index (κ1) is 27.4. The molecule has 3 aromatic carbocycles. The van der Waals surface area contributed by atoms with Crippen molar-refractivity contribution in [2.45, 2.75) is 6.54 Å². The highest BCUT2D eigenvalue weighted by molar-refractivity contribution is 9.10. The van der Waals surface area contributed by atoms with Gasteiger partial charge in [0.1, 0.15) is 19.0 Å². The number of rotatable bonds is 4. The van der Waals surface area contributed by atoms with E-state index in [0.29, 0.717) is 81.4 Å². The van der Waals surface area contributed by atoms with Crippen LogP contribution in [0.3, 0.4) is 0 Å². The number of fused-ring (bicyclic) bond motifs is 1. The van der Waals surface area contributed by atoms with E-state index in [0.717, 1.165) is 15.7 Å². The number of para-hydroxylation sites is 2. The summed E-state index contributed by atoms with van der Waals surface area (Å²) < 4.78 is 24.1. The minimum atomic E-state index is 0.193. The third-order valence-corrected chi connectivity index (χ3v) is 6.39. The van der Waals surface area contributed by atoms with Crippen molar-refractivity contribution >= 4 is 39.4 Å². The van der Waals surface area contributed by atoms with Gasteiger partial charge in [-0.3, -0.25) is 9.89 Å². The Morgan fingerprint density at radius 3 is 2.11 bits per heavy atom. The second-order valence-corrected chi connectivity index (χ2v) is 9.73. The van der Waals surface area contributed by atoms with Gasteiger partial charge in [-0.1, -0.05) is 39.7 Å². The molecule has 0 spiro atoms. The van der Waals surface area contributed by atoms with Crippen LogP contribution in [0.5, 0.6) is 17.2 Å². The molecule has 3 aromatic rings. The first-order valence-electron chi connectivity index (χ1n) is 12.1. The predicted molar refractivity (Wildman–Crippen MR) is 149 cm³/mol. The lowest BCUT2D eigenvalue weighted by molar-refractivity contribution is 0.0572. The molecule has 0 radical (unpaired) electrons. The number of nitrogens with zero attached hydrogens (tertiary/aromatic N) is 2. The van der Waals surface area contributed by atoms with Crippen molar-refractivity contribution in [1.82, 2.24) is 4.90 Å². The summed E-state index contributed by atoms with van der Waals surface area (Å²) in [5.41, 5.74) is 2.16. The van der Waals surface area contributed by atoms with Gasteiger partial charge in [-0.2, -0.15) is 0 Å². The largest absolute Gasteiger partial charge is 0.507 e. The van der Waals surface area contributed by atoms with Crippen LogP contribution in [0, 0.1) is 0 Å². The summed E-state index contributed by atoms with van der Waals surface area (Å²) in [4.78, 5) is 6.67. The smallest absolute Gasteiger partial charge is 0.161 e. The summed E-state index contributed by atoms with van der Waals surface area (Å²) in [7, 11) is 0. The molecule has 0 unspecified atom stereocenters. The normalized spacial score (nSPS) is 16.3. The molecule has 0 saturated carbocycles. The molecule has 1 aliphatic heterocycles. The lowest BCUT2D eigenvalue weighted by atomic mass is 10.1. The van der Waals surface area contributed by atoms with Crippen molar-refractivity contribution < 1.29 is 24.1 Å². The summed E-state index contributed by atoms with van der Waals surface area (Å²) in [6, 6.07) is 18.6. The number of hydrogen-bond acceptors (Lipinski definition) is 7. The van der Waals surface area contributed by atoms with E-state index in [2.05, 4.69) is 25.8 Å². The van der Waals surface area contributed by atoms with E-state index in [-0.39, 0.29) is 5.75 Å². The Balaban J connectivity index is 1.40. The third kappa shape index (κ3) is 8.72. The predicted octanol–water partition coefficient (Wildman–Crippen LogP) is 5.87. The Kier molecular flexibility index (Phi) is 10.6. The average Bonchev–Trinajstić information content (AvgIpc) is 2.90. The summed E-state index contributed by atoms with van der Waals surface area (Å²) in [6.45, 7) is 4.73. The van der Waals surface area contributed by atoms with Crippen LogP contribution in [0.25, 0.3) is 0 Å². The van der Waals surface area contributed by atoms with Gasteiger partial charge < -0.3 is 24.1 Å². The minimum Gasteiger partial charge on any atom is -0.507 e. The molecule has 0 bridgehead atoms. The second kappa shape index (κ2) is 14.4. The Labute approximate surface area is 230 Å². The highest BCUT2D eigenvalue weighted by Gasteiger charge is 2.14. The zero-order valence-electron chi connectivity index (χ0n) is 20.4. The van der Waals surface area contributed by atoms with Gasteiger partial charge in [0.25, 0.3) is 0 Å². The number of phenols is 1. The monoisotopic (exact) mass is 588 g/mol. The first-order chi connectivity index (χ1) is 18.1. The highest BCUT2D eigenvalue weighted by Crippen LogP contribution is 2.29. The maximum absolute atomic E-state index is 11.0. The van der Waals surface area contributed by atoms with Gasteiger partial charge in [-0.25, -0.2) is 0 Å². The fourth-order valence-corrected chi connectivity index (χ4v) is 4.43. The van der Waals surface area contributed by atoms with Crippen molar-refractivity contribution in [2.75, 3.05) is 52.7 Å². The van der Waals surface area contributed by atoms with E-state index in [1.807, 2.05) is 48.5 Å². The SMILES string of the molecule is Oc1c(C=Nc2ccc(Cl)cc2)cc(Br)cc1CN1CCOCCOc2ccccc2OCCOCC1. The number of phenolic OH excluding ortho intramolecular Hbond substituents is 1. The Morgan fingerprint density at radius 2 is 1.49 bits per heavy atom. The zero-order valence-corrected chi connectivity index (χ0v) is 22.8. The van der Waals surface area contributed by atoms with E-state index in [9.17, 15) is 5.11 Å². The Morgan fingerprint density at radius 1 is 0.865 bits per heavy atom. The second-order valence-electron chi connectivity index (χ2n) is 8.38. The van der Waals surface area contributed by atoms with Gasteiger partial charge in [-0.05, 0) is 48.5 Å². The number of ether oxygens (including phenoxy) is 4. The molecule has 0 saturated heterocycles. The van der Waals surface area contributed by atoms with Crippen LogP contribution < -0.4 is 9.47 Å². The molecular formula is C28H30BrClN2O5. The number of aromatic hydroxyl groups is 1. The highest BCUT2D eigenvalue weighted by atomic mass is 79.9. The fourth-order valence-electron chi connectivity index (χ4n) is 3.78. The molecule has 0 aliphatic carbocycles. The maximum atomic E-state index is 11.0. The summed E-state index contributed by atoms with van der Waals surface area (Å²) in [6.07, 6.45) is 1.66. The Bertz CT molecular complexity index is 1140. The van der Waals surface area contributed by atoms with Crippen LogP contribution in [-0.2, 0) is 16.0 Å². The number of benzene rings is 3. The van der Waals surface area contributed by atoms with Crippen LogP contribution in [0.2, 0.25) is 5.02 Å². The van der Waals surface area contributed by atoms with Crippen LogP contribution in [0.15, 0.2) is 70.1 Å². The van der Waals surface area contributed by atoms with Gasteiger partial charge in [-0.15, -0.1) is 0 Å². The van der Waals surface area contributed by atoms with E-state index >= 15 is 0 Å². The van der Waals surface area contributed by atoms with Crippen molar-refractivity contribution in [3.8, 4) is 17.2 Å². The molecule has 7 nitrogen and oxygen atoms in total. The van der Waals surface area contributed by atoms with Gasteiger partial charge in [0, 0.05) is 46.5 Å².